The lowest BCUT2D eigenvalue weighted by atomic mass is 9.99. The first-order valence-corrected chi connectivity index (χ1v) is 9.66. The highest BCUT2D eigenvalue weighted by atomic mass is 32.1. The number of carbonyl (C=O) groups is 1. The summed E-state index contributed by atoms with van der Waals surface area (Å²) in [6.07, 6.45) is 4.53. The number of fused-ring (bicyclic) bond motifs is 3. The summed E-state index contributed by atoms with van der Waals surface area (Å²) in [7, 11) is 0. The van der Waals surface area contributed by atoms with Crippen LogP contribution in [-0.2, 0) is 6.42 Å². The summed E-state index contributed by atoms with van der Waals surface area (Å²) in [6.45, 7) is 4.34. The van der Waals surface area contributed by atoms with Crippen molar-refractivity contribution in [2.45, 2.75) is 20.3 Å². The van der Waals surface area contributed by atoms with E-state index in [1.807, 2.05) is 24.4 Å². The summed E-state index contributed by atoms with van der Waals surface area (Å²) in [5.74, 6) is 0.0610. The van der Waals surface area contributed by atoms with Gasteiger partial charge in [0.2, 0.25) is 5.91 Å². The van der Waals surface area contributed by atoms with Gasteiger partial charge in [-0.25, -0.2) is 4.98 Å². The number of primary amides is 1. The van der Waals surface area contributed by atoms with E-state index in [0.29, 0.717) is 11.5 Å². The number of aromatic nitrogens is 2. The third kappa shape index (κ3) is 3.48. The number of benzene rings is 2. The van der Waals surface area contributed by atoms with Crippen molar-refractivity contribution < 1.29 is 4.79 Å². The number of amides is 1. The Morgan fingerprint density at radius 1 is 1.22 bits per heavy atom. The van der Waals surface area contributed by atoms with Gasteiger partial charge in [0, 0.05) is 29.0 Å². The number of hydrogen-bond acceptors (Lipinski definition) is 5. The minimum Gasteiger partial charge on any atom is -0.366 e. The number of rotatable bonds is 5. The smallest absolute Gasteiger partial charge is 0.248 e. The fraction of sp³-hybridized carbons (Fsp3) is 0.190. The molecule has 136 valence electrons. The van der Waals surface area contributed by atoms with Crippen LogP contribution in [0.4, 0.5) is 10.8 Å². The van der Waals surface area contributed by atoms with Crippen LogP contribution in [0.5, 0.6) is 0 Å². The lowest BCUT2D eigenvalue weighted by molar-refractivity contribution is 0.100. The highest BCUT2D eigenvalue weighted by Gasteiger charge is 2.12. The normalized spacial score (nSPS) is 11.4. The van der Waals surface area contributed by atoms with Crippen molar-refractivity contribution in [2.24, 2.45) is 11.7 Å². The highest BCUT2D eigenvalue weighted by Crippen LogP contribution is 2.34. The average Bonchev–Trinajstić information content (AvgIpc) is 3.05. The maximum absolute atomic E-state index is 11.6. The monoisotopic (exact) mass is 376 g/mol. The Morgan fingerprint density at radius 2 is 2.07 bits per heavy atom. The molecule has 4 aromatic rings. The standard InChI is InChI=1S/C21H20N4OS/c1-12(2)9-14-3-4-15(20(22)26)10-17(14)24-21-25-19-16-11-23-8-7-13(16)5-6-18(19)27-21/h3-8,10-12H,9H2,1-2H3,(H2,22,26)(H,24,25). The molecule has 5 nitrogen and oxygen atoms in total. The first-order valence-electron chi connectivity index (χ1n) is 8.84. The van der Waals surface area contributed by atoms with E-state index in [1.54, 1.807) is 23.6 Å². The molecule has 0 aliphatic carbocycles. The molecule has 0 atom stereocenters. The Hall–Kier alpha value is -2.99. The Kier molecular flexibility index (Phi) is 4.49. The summed E-state index contributed by atoms with van der Waals surface area (Å²) in [6, 6.07) is 11.7. The fourth-order valence-electron chi connectivity index (χ4n) is 3.18. The molecule has 0 radical (unpaired) electrons. The van der Waals surface area contributed by atoms with E-state index in [4.69, 9.17) is 10.7 Å². The molecule has 2 heterocycles. The van der Waals surface area contributed by atoms with E-state index in [-0.39, 0.29) is 0 Å². The third-order valence-corrected chi connectivity index (χ3v) is 5.38. The van der Waals surface area contributed by atoms with Gasteiger partial charge in [-0.15, -0.1) is 0 Å². The van der Waals surface area contributed by atoms with Crippen LogP contribution in [0.1, 0.15) is 29.8 Å². The Balaban J connectivity index is 1.77. The van der Waals surface area contributed by atoms with E-state index < -0.39 is 5.91 Å². The molecule has 0 aliphatic heterocycles. The maximum atomic E-state index is 11.6. The van der Waals surface area contributed by atoms with E-state index in [2.05, 4.69) is 36.3 Å². The molecule has 0 aliphatic rings. The van der Waals surface area contributed by atoms with E-state index in [9.17, 15) is 4.79 Å². The van der Waals surface area contributed by atoms with Crippen molar-refractivity contribution in [3.05, 3.63) is 59.9 Å². The second kappa shape index (κ2) is 6.96. The molecule has 1 amide bonds. The number of carbonyl (C=O) groups excluding carboxylic acids is 1. The zero-order valence-corrected chi connectivity index (χ0v) is 16.0. The quantitative estimate of drug-likeness (QED) is 0.520. The molecular formula is C21H20N4OS. The summed E-state index contributed by atoms with van der Waals surface area (Å²) in [5.41, 5.74) is 8.90. The molecule has 2 aromatic heterocycles. The van der Waals surface area contributed by atoms with Gasteiger partial charge >= 0.3 is 0 Å². The third-order valence-electron chi connectivity index (χ3n) is 4.44. The van der Waals surface area contributed by atoms with Crippen molar-refractivity contribution >= 4 is 49.1 Å². The minimum absolute atomic E-state index is 0.435. The van der Waals surface area contributed by atoms with Gasteiger partial charge in [-0.3, -0.25) is 9.78 Å². The number of nitrogens with zero attached hydrogens (tertiary/aromatic N) is 2. The van der Waals surface area contributed by atoms with Crippen molar-refractivity contribution in [1.82, 2.24) is 9.97 Å². The largest absolute Gasteiger partial charge is 0.366 e. The predicted molar refractivity (Wildman–Crippen MR) is 112 cm³/mol. The molecule has 0 spiro atoms. The molecule has 6 heteroatoms. The molecule has 2 aromatic carbocycles. The molecule has 0 unspecified atom stereocenters. The molecule has 4 rings (SSSR count). The van der Waals surface area contributed by atoms with Crippen molar-refractivity contribution in [3.8, 4) is 0 Å². The fourth-order valence-corrected chi connectivity index (χ4v) is 4.08. The topological polar surface area (TPSA) is 80.9 Å². The summed E-state index contributed by atoms with van der Waals surface area (Å²) >= 11 is 1.58. The molecule has 0 saturated carbocycles. The van der Waals surface area contributed by atoms with Gasteiger partial charge in [-0.1, -0.05) is 37.3 Å². The van der Waals surface area contributed by atoms with Crippen molar-refractivity contribution in [2.75, 3.05) is 5.32 Å². The second-order valence-electron chi connectivity index (χ2n) is 6.99. The van der Waals surface area contributed by atoms with Gasteiger partial charge in [0.25, 0.3) is 0 Å². The Bertz CT molecular complexity index is 1150. The lowest BCUT2D eigenvalue weighted by Gasteiger charge is -2.13. The first kappa shape index (κ1) is 17.4. The number of thiazole rings is 1. The number of hydrogen-bond donors (Lipinski definition) is 2. The van der Waals surface area contributed by atoms with Crippen LogP contribution in [0, 0.1) is 5.92 Å². The van der Waals surface area contributed by atoms with Crippen LogP contribution in [0.15, 0.2) is 48.8 Å². The van der Waals surface area contributed by atoms with Gasteiger partial charge in [0.1, 0.15) is 0 Å². The highest BCUT2D eigenvalue weighted by molar-refractivity contribution is 7.22. The maximum Gasteiger partial charge on any atom is 0.248 e. The molecule has 0 saturated heterocycles. The molecule has 27 heavy (non-hydrogen) atoms. The predicted octanol–water partition coefficient (Wildman–Crippen LogP) is 4.89. The van der Waals surface area contributed by atoms with Crippen LogP contribution in [0.2, 0.25) is 0 Å². The van der Waals surface area contributed by atoms with Crippen LogP contribution in [-0.4, -0.2) is 15.9 Å². The molecular weight excluding hydrogens is 356 g/mol. The zero-order chi connectivity index (χ0) is 19.0. The van der Waals surface area contributed by atoms with Crippen molar-refractivity contribution in [3.63, 3.8) is 0 Å². The van der Waals surface area contributed by atoms with Gasteiger partial charge in [0.05, 0.1) is 10.2 Å². The number of nitrogens with one attached hydrogen (secondary N) is 1. The van der Waals surface area contributed by atoms with Crippen LogP contribution in [0.25, 0.3) is 21.0 Å². The Labute approximate surface area is 161 Å². The Morgan fingerprint density at radius 3 is 2.85 bits per heavy atom. The number of nitrogens with two attached hydrogens (primary N) is 1. The second-order valence-corrected chi connectivity index (χ2v) is 8.02. The number of pyridine rings is 1. The molecule has 0 fully saturated rings. The van der Waals surface area contributed by atoms with Crippen LogP contribution in [0.3, 0.4) is 0 Å². The van der Waals surface area contributed by atoms with Gasteiger partial charge in [0.15, 0.2) is 5.13 Å². The molecule has 0 bridgehead atoms. The van der Waals surface area contributed by atoms with Crippen LogP contribution < -0.4 is 11.1 Å². The van der Waals surface area contributed by atoms with Crippen LogP contribution >= 0.6 is 11.3 Å². The van der Waals surface area contributed by atoms with E-state index >= 15 is 0 Å². The van der Waals surface area contributed by atoms with E-state index in [0.717, 1.165) is 43.8 Å². The number of anilines is 2. The van der Waals surface area contributed by atoms with E-state index in [1.165, 1.54) is 0 Å². The molecule has 3 N–H and O–H groups in total. The summed E-state index contributed by atoms with van der Waals surface area (Å²) in [4.78, 5) is 20.6. The summed E-state index contributed by atoms with van der Waals surface area (Å²) < 4.78 is 1.09. The minimum atomic E-state index is -0.435. The average molecular weight is 376 g/mol. The van der Waals surface area contributed by atoms with Crippen molar-refractivity contribution in [1.29, 1.82) is 0 Å². The lowest BCUT2D eigenvalue weighted by Crippen LogP contribution is -2.12. The van der Waals surface area contributed by atoms with Gasteiger partial charge in [-0.05, 0) is 47.6 Å². The SMILES string of the molecule is CC(C)Cc1ccc(C(N)=O)cc1Nc1nc2c(ccc3ccncc32)s1. The van der Waals surface area contributed by atoms with Gasteiger partial charge < -0.3 is 11.1 Å². The first-order chi connectivity index (χ1) is 13.0. The summed E-state index contributed by atoms with van der Waals surface area (Å²) in [5, 5.41) is 6.34. The zero-order valence-electron chi connectivity index (χ0n) is 15.2. The van der Waals surface area contributed by atoms with Gasteiger partial charge in [-0.2, -0.15) is 0 Å².